The topological polar surface area (TPSA) is 66.9 Å². The quantitative estimate of drug-likeness (QED) is 0.437. The van der Waals surface area contributed by atoms with Gasteiger partial charge in [-0.15, -0.1) is 0 Å². The Hall–Kier alpha value is -3.51. The Bertz CT molecular complexity index is 1320. The third-order valence-corrected chi connectivity index (χ3v) is 5.21. The number of rotatable bonds is 5. The van der Waals surface area contributed by atoms with E-state index in [1.807, 2.05) is 54.6 Å². The molecule has 0 unspecified atom stereocenters. The highest BCUT2D eigenvalue weighted by Gasteiger charge is 2.11. The number of aromatic amines is 1. The van der Waals surface area contributed by atoms with E-state index in [-0.39, 0.29) is 16.2 Å². The summed E-state index contributed by atoms with van der Waals surface area (Å²) in [7, 11) is 0. The van der Waals surface area contributed by atoms with Gasteiger partial charge >= 0.3 is 0 Å². The monoisotopic (exact) mass is 415 g/mol. The van der Waals surface area contributed by atoms with E-state index in [0.717, 1.165) is 18.5 Å². The minimum absolute atomic E-state index is 0.224. The molecule has 4 rings (SSSR count). The van der Waals surface area contributed by atoms with Gasteiger partial charge in [-0.25, -0.2) is 0 Å². The van der Waals surface area contributed by atoms with Gasteiger partial charge < -0.3 is 10.3 Å². The van der Waals surface area contributed by atoms with Crippen molar-refractivity contribution in [3.63, 3.8) is 0 Å². The van der Waals surface area contributed by atoms with E-state index in [1.165, 1.54) is 10.1 Å². The maximum absolute atomic E-state index is 13.0. The SMILES string of the molecule is CCCc1ccc(NC(=O)c2ccc3c(=O)n(-c4ccccc4)c(=S)[nH]c3c2)cc1. The first-order valence-corrected chi connectivity index (χ1v) is 10.2. The molecule has 1 amide bonds. The van der Waals surface area contributed by atoms with Gasteiger partial charge in [0.05, 0.1) is 16.6 Å². The second-order valence-corrected chi connectivity index (χ2v) is 7.45. The van der Waals surface area contributed by atoms with E-state index in [2.05, 4.69) is 17.2 Å². The van der Waals surface area contributed by atoms with Gasteiger partial charge in [0, 0.05) is 11.3 Å². The van der Waals surface area contributed by atoms with Crippen LogP contribution in [0.5, 0.6) is 0 Å². The van der Waals surface area contributed by atoms with Crippen LogP contribution in [0.3, 0.4) is 0 Å². The molecule has 30 heavy (non-hydrogen) atoms. The molecule has 0 bridgehead atoms. The zero-order chi connectivity index (χ0) is 21.1. The molecule has 0 spiro atoms. The molecule has 0 aliphatic carbocycles. The highest BCUT2D eigenvalue weighted by atomic mass is 32.1. The molecule has 0 saturated carbocycles. The lowest BCUT2D eigenvalue weighted by atomic mass is 10.1. The van der Waals surface area contributed by atoms with Crippen LogP contribution in [0, 0.1) is 4.77 Å². The van der Waals surface area contributed by atoms with Crippen molar-refractivity contribution in [2.45, 2.75) is 19.8 Å². The van der Waals surface area contributed by atoms with Crippen molar-refractivity contribution in [1.82, 2.24) is 9.55 Å². The maximum atomic E-state index is 13.0. The first kappa shape index (κ1) is 19.8. The number of nitrogens with one attached hydrogen (secondary N) is 2. The number of amides is 1. The molecular formula is C24H21N3O2S. The number of carbonyl (C=O) groups is 1. The smallest absolute Gasteiger partial charge is 0.266 e. The minimum Gasteiger partial charge on any atom is -0.331 e. The Morgan fingerprint density at radius 2 is 1.77 bits per heavy atom. The van der Waals surface area contributed by atoms with Gasteiger partial charge in [-0.1, -0.05) is 43.7 Å². The molecular weight excluding hydrogens is 394 g/mol. The highest BCUT2D eigenvalue weighted by Crippen LogP contribution is 2.16. The number of fused-ring (bicyclic) bond motifs is 1. The average Bonchev–Trinajstić information content (AvgIpc) is 2.75. The number of hydrogen-bond acceptors (Lipinski definition) is 3. The molecule has 2 N–H and O–H groups in total. The van der Waals surface area contributed by atoms with E-state index < -0.39 is 0 Å². The Morgan fingerprint density at radius 1 is 1.03 bits per heavy atom. The average molecular weight is 416 g/mol. The predicted molar refractivity (Wildman–Crippen MR) is 123 cm³/mol. The van der Waals surface area contributed by atoms with Gasteiger partial charge in [-0.3, -0.25) is 14.2 Å². The number of benzene rings is 3. The number of anilines is 1. The fraction of sp³-hybridized carbons (Fsp3) is 0.125. The Balaban J connectivity index is 1.66. The summed E-state index contributed by atoms with van der Waals surface area (Å²) in [6, 6.07) is 22.0. The van der Waals surface area contributed by atoms with E-state index in [0.29, 0.717) is 22.2 Å². The van der Waals surface area contributed by atoms with Crippen molar-refractivity contribution in [3.05, 3.63) is 99.0 Å². The molecule has 0 atom stereocenters. The van der Waals surface area contributed by atoms with Crippen LogP contribution < -0.4 is 10.9 Å². The van der Waals surface area contributed by atoms with E-state index in [4.69, 9.17) is 12.2 Å². The molecule has 0 aliphatic heterocycles. The third-order valence-electron chi connectivity index (χ3n) is 4.92. The molecule has 4 aromatic rings. The fourth-order valence-corrected chi connectivity index (χ4v) is 3.72. The summed E-state index contributed by atoms with van der Waals surface area (Å²) in [6.45, 7) is 2.13. The van der Waals surface area contributed by atoms with Crippen molar-refractivity contribution in [2.75, 3.05) is 5.32 Å². The standard InChI is InChI=1S/C24H21N3O2S/c1-2-6-16-9-12-18(13-10-16)25-22(28)17-11-14-20-21(15-17)26-24(30)27(23(20)29)19-7-4-3-5-8-19/h3-5,7-15H,2,6H2,1H3,(H,25,28)(H,26,30). The van der Waals surface area contributed by atoms with E-state index >= 15 is 0 Å². The lowest BCUT2D eigenvalue weighted by molar-refractivity contribution is 0.102. The highest BCUT2D eigenvalue weighted by molar-refractivity contribution is 7.71. The molecule has 0 radical (unpaired) electrons. The fourth-order valence-electron chi connectivity index (χ4n) is 3.42. The molecule has 0 fully saturated rings. The van der Waals surface area contributed by atoms with Crippen molar-refractivity contribution >= 4 is 34.7 Å². The number of hydrogen-bond donors (Lipinski definition) is 2. The van der Waals surface area contributed by atoms with Gasteiger partial charge in [-0.2, -0.15) is 0 Å². The summed E-state index contributed by atoms with van der Waals surface area (Å²) in [6.07, 6.45) is 2.09. The molecule has 6 heteroatoms. The zero-order valence-corrected chi connectivity index (χ0v) is 17.3. The summed E-state index contributed by atoms with van der Waals surface area (Å²) < 4.78 is 1.73. The summed E-state index contributed by atoms with van der Waals surface area (Å²) in [5.74, 6) is -0.244. The predicted octanol–water partition coefficient (Wildman–Crippen LogP) is 5.25. The van der Waals surface area contributed by atoms with Gasteiger partial charge in [0.2, 0.25) is 0 Å². The summed E-state index contributed by atoms with van der Waals surface area (Å²) >= 11 is 5.40. The van der Waals surface area contributed by atoms with Crippen LogP contribution >= 0.6 is 12.2 Å². The Morgan fingerprint density at radius 3 is 2.47 bits per heavy atom. The Kier molecular flexibility index (Phi) is 5.59. The lowest BCUT2D eigenvalue weighted by Crippen LogP contribution is -2.21. The minimum atomic E-state index is -0.244. The van der Waals surface area contributed by atoms with Gasteiger partial charge in [0.25, 0.3) is 11.5 Å². The first-order chi connectivity index (χ1) is 14.6. The normalized spacial score (nSPS) is 10.8. The van der Waals surface area contributed by atoms with Crippen LogP contribution in [0.2, 0.25) is 0 Å². The maximum Gasteiger partial charge on any atom is 0.266 e. The number of para-hydroxylation sites is 1. The molecule has 150 valence electrons. The lowest BCUT2D eigenvalue weighted by Gasteiger charge is -2.10. The van der Waals surface area contributed by atoms with Gasteiger partial charge in [0.1, 0.15) is 0 Å². The van der Waals surface area contributed by atoms with Gasteiger partial charge in [-0.05, 0) is 66.7 Å². The number of nitrogens with zero attached hydrogens (tertiary/aromatic N) is 1. The molecule has 5 nitrogen and oxygen atoms in total. The second kappa shape index (κ2) is 8.47. The third kappa shape index (κ3) is 3.95. The van der Waals surface area contributed by atoms with Crippen molar-refractivity contribution < 1.29 is 4.79 Å². The Labute approximate surface area is 179 Å². The number of aryl methyl sites for hydroxylation is 1. The van der Waals surface area contributed by atoms with Crippen molar-refractivity contribution in [2.24, 2.45) is 0 Å². The van der Waals surface area contributed by atoms with E-state index in [1.54, 1.807) is 18.2 Å². The first-order valence-electron chi connectivity index (χ1n) is 9.81. The van der Waals surface area contributed by atoms with Crippen LogP contribution in [0.15, 0.2) is 77.6 Å². The molecule has 1 aromatic heterocycles. The largest absolute Gasteiger partial charge is 0.331 e. The zero-order valence-electron chi connectivity index (χ0n) is 16.5. The number of H-pyrrole nitrogens is 1. The number of aromatic nitrogens is 2. The molecule has 1 heterocycles. The molecule has 3 aromatic carbocycles. The molecule has 0 saturated heterocycles. The van der Waals surface area contributed by atoms with Crippen molar-refractivity contribution in [1.29, 1.82) is 0 Å². The van der Waals surface area contributed by atoms with Crippen LogP contribution in [0.25, 0.3) is 16.6 Å². The van der Waals surface area contributed by atoms with Crippen LogP contribution in [0.4, 0.5) is 5.69 Å². The summed E-state index contributed by atoms with van der Waals surface area (Å²) in [5.41, 5.74) is 3.42. The summed E-state index contributed by atoms with van der Waals surface area (Å²) in [4.78, 5) is 28.8. The van der Waals surface area contributed by atoms with Crippen LogP contribution in [-0.4, -0.2) is 15.5 Å². The second-order valence-electron chi connectivity index (χ2n) is 7.07. The van der Waals surface area contributed by atoms with Gasteiger partial charge in [0.15, 0.2) is 4.77 Å². The van der Waals surface area contributed by atoms with E-state index in [9.17, 15) is 9.59 Å². The summed E-state index contributed by atoms with van der Waals surface area (Å²) in [5, 5.41) is 3.36. The van der Waals surface area contributed by atoms with Crippen LogP contribution in [-0.2, 0) is 6.42 Å². The van der Waals surface area contributed by atoms with Crippen molar-refractivity contribution in [3.8, 4) is 5.69 Å². The number of carbonyl (C=O) groups excluding carboxylic acids is 1. The molecule has 0 aliphatic rings. The van der Waals surface area contributed by atoms with Crippen LogP contribution in [0.1, 0.15) is 29.3 Å².